The zero-order valence-electron chi connectivity index (χ0n) is 10.4. The first-order valence-corrected chi connectivity index (χ1v) is 6.19. The van der Waals surface area contributed by atoms with Crippen LogP contribution in [0.2, 0.25) is 0 Å². The van der Waals surface area contributed by atoms with Gasteiger partial charge >= 0.3 is 0 Å². The van der Waals surface area contributed by atoms with Crippen LogP contribution >= 0.6 is 0 Å². The molecule has 1 fully saturated rings. The van der Waals surface area contributed by atoms with E-state index in [-0.39, 0.29) is 5.92 Å². The predicted octanol–water partition coefficient (Wildman–Crippen LogP) is 0.611. The highest BCUT2D eigenvalue weighted by Gasteiger charge is 2.21. The molecule has 1 atom stereocenters. The fourth-order valence-electron chi connectivity index (χ4n) is 2.40. The van der Waals surface area contributed by atoms with Crippen molar-refractivity contribution in [2.45, 2.75) is 19.3 Å². The second-order valence-corrected chi connectivity index (χ2v) is 4.87. The molecule has 5 nitrogen and oxygen atoms in total. The fourth-order valence-corrected chi connectivity index (χ4v) is 2.40. The third-order valence-corrected chi connectivity index (χ3v) is 3.42. The molecule has 1 saturated heterocycles. The summed E-state index contributed by atoms with van der Waals surface area (Å²) in [5.74, 6) is 0.605. The Balaban J connectivity index is 1.81. The molecule has 0 radical (unpaired) electrons. The summed E-state index contributed by atoms with van der Waals surface area (Å²) >= 11 is 0. The summed E-state index contributed by atoms with van der Waals surface area (Å²) in [6.45, 7) is 3.11. The van der Waals surface area contributed by atoms with E-state index in [4.69, 9.17) is 11.1 Å². The molecule has 2 rings (SSSR count). The largest absolute Gasteiger partial charge is 0.387 e. The van der Waals surface area contributed by atoms with E-state index in [1.165, 1.54) is 5.56 Å². The minimum Gasteiger partial charge on any atom is -0.387 e. The average molecular weight is 235 g/mol. The summed E-state index contributed by atoms with van der Waals surface area (Å²) in [6.07, 6.45) is 7.23. The van der Waals surface area contributed by atoms with Gasteiger partial charge in [0.15, 0.2) is 0 Å². The predicted molar refractivity (Wildman–Crippen MR) is 68.0 cm³/mol. The number of amidine groups is 1. The van der Waals surface area contributed by atoms with Crippen molar-refractivity contribution in [2.24, 2.45) is 18.7 Å². The number of nitrogens with zero attached hydrogens (tertiary/aromatic N) is 3. The molecule has 3 N–H and O–H groups in total. The number of hydrogen-bond acceptors (Lipinski definition) is 3. The maximum absolute atomic E-state index is 7.52. The Morgan fingerprint density at radius 3 is 3.12 bits per heavy atom. The molecule has 1 aromatic heterocycles. The highest BCUT2D eigenvalue weighted by atomic mass is 15.2. The van der Waals surface area contributed by atoms with Crippen molar-refractivity contribution in [2.75, 3.05) is 19.6 Å². The Kier molecular flexibility index (Phi) is 3.78. The van der Waals surface area contributed by atoms with Gasteiger partial charge < -0.3 is 10.6 Å². The van der Waals surface area contributed by atoms with Crippen LogP contribution in [0.4, 0.5) is 0 Å². The minimum absolute atomic E-state index is 0.262. The van der Waals surface area contributed by atoms with E-state index in [2.05, 4.69) is 16.2 Å². The normalized spacial score (nSPS) is 21.6. The molecule has 1 aliphatic rings. The molecule has 0 amide bonds. The van der Waals surface area contributed by atoms with E-state index >= 15 is 0 Å². The molecule has 0 saturated carbocycles. The Morgan fingerprint density at radius 1 is 1.65 bits per heavy atom. The Hall–Kier alpha value is -1.36. The quantitative estimate of drug-likeness (QED) is 0.593. The van der Waals surface area contributed by atoms with Crippen LogP contribution in [-0.2, 0) is 13.5 Å². The number of rotatable bonds is 4. The van der Waals surface area contributed by atoms with Crippen molar-refractivity contribution in [3.05, 3.63) is 18.0 Å². The highest BCUT2D eigenvalue weighted by molar-refractivity contribution is 5.79. The highest BCUT2D eigenvalue weighted by Crippen LogP contribution is 2.16. The van der Waals surface area contributed by atoms with Crippen LogP contribution in [-0.4, -0.2) is 40.2 Å². The standard InChI is InChI=1S/C12H21N5/c1-16-8-10(7-15-16)4-6-17-5-2-3-11(9-17)12(13)14/h7-8,11H,2-6,9H2,1H3,(H3,13,14). The second kappa shape index (κ2) is 5.31. The summed E-state index contributed by atoms with van der Waals surface area (Å²) in [7, 11) is 1.94. The Labute approximate surface area is 102 Å². The molecule has 1 aliphatic heterocycles. The van der Waals surface area contributed by atoms with Crippen LogP contribution in [0.15, 0.2) is 12.4 Å². The van der Waals surface area contributed by atoms with Crippen LogP contribution in [0, 0.1) is 11.3 Å². The van der Waals surface area contributed by atoms with Gasteiger partial charge in [-0.2, -0.15) is 5.10 Å². The van der Waals surface area contributed by atoms with E-state index in [1.807, 2.05) is 17.9 Å². The summed E-state index contributed by atoms with van der Waals surface area (Å²) < 4.78 is 1.84. The topological polar surface area (TPSA) is 70.9 Å². The van der Waals surface area contributed by atoms with Crippen LogP contribution in [0.1, 0.15) is 18.4 Å². The van der Waals surface area contributed by atoms with Gasteiger partial charge in [0.1, 0.15) is 0 Å². The first kappa shape index (κ1) is 12.1. The molecule has 0 spiro atoms. The van der Waals surface area contributed by atoms with Gasteiger partial charge in [-0.25, -0.2) is 0 Å². The molecular weight excluding hydrogens is 214 g/mol. The number of nitrogens with two attached hydrogens (primary N) is 1. The summed E-state index contributed by atoms with van der Waals surface area (Å²) in [4.78, 5) is 2.41. The van der Waals surface area contributed by atoms with E-state index in [1.54, 1.807) is 0 Å². The van der Waals surface area contributed by atoms with Gasteiger partial charge in [0.25, 0.3) is 0 Å². The van der Waals surface area contributed by atoms with Crippen molar-refractivity contribution in [3.8, 4) is 0 Å². The van der Waals surface area contributed by atoms with Crippen molar-refractivity contribution in [1.82, 2.24) is 14.7 Å². The lowest BCUT2D eigenvalue weighted by atomic mass is 9.97. The van der Waals surface area contributed by atoms with E-state index in [0.717, 1.165) is 38.9 Å². The lowest BCUT2D eigenvalue weighted by Gasteiger charge is -2.31. The maximum Gasteiger partial charge on any atom is 0.0949 e. The SMILES string of the molecule is Cn1cc(CCN2CCCC(C(=N)N)C2)cn1. The zero-order valence-corrected chi connectivity index (χ0v) is 10.4. The number of hydrogen-bond donors (Lipinski definition) is 2. The summed E-state index contributed by atoms with van der Waals surface area (Å²) in [6, 6.07) is 0. The average Bonchev–Trinajstić information content (AvgIpc) is 2.73. The summed E-state index contributed by atoms with van der Waals surface area (Å²) in [5, 5.41) is 11.7. The maximum atomic E-state index is 7.52. The third-order valence-electron chi connectivity index (χ3n) is 3.42. The van der Waals surface area contributed by atoms with E-state index in [0.29, 0.717) is 5.84 Å². The van der Waals surface area contributed by atoms with Gasteiger partial charge in [-0.15, -0.1) is 0 Å². The molecule has 0 aromatic carbocycles. The van der Waals surface area contributed by atoms with Crippen LogP contribution < -0.4 is 5.73 Å². The van der Waals surface area contributed by atoms with Gasteiger partial charge in [-0.1, -0.05) is 0 Å². The zero-order chi connectivity index (χ0) is 12.3. The number of aryl methyl sites for hydroxylation is 1. The third kappa shape index (κ3) is 3.30. The molecule has 17 heavy (non-hydrogen) atoms. The number of aromatic nitrogens is 2. The van der Waals surface area contributed by atoms with Gasteiger partial charge in [-0.3, -0.25) is 10.1 Å². The number of likely N-dealkylation sites (tertiary alicyclic amines) is 1. The van der Waals surface area contributed by atoms with Crippen molar-refractivity contribution >= 4 is 5.84 Å². The van der Waals surface area contributed by atoms with E-state index in [9.17, 15) is 0 Å². The van der Waals surface area contributed by atoms with Gasteiger partial charge in [-0.05, 0) is 31.4 Å². The Morgan fingerprint density at radius 2 is 2.47 bits per heavy atom. The van der Waals surface area contributed by atoms with Gasteiger partial charge in [0.05, 0.1) is 12.0 Å². The monoisotopic (exact) mass is 235 g/mol. The second-order valence-electron chi connectivity index (χ2n) is 4.87. The van der Waals surface area contributed by atoms with Crippen LogP contribution in [0.5, 0.6) is 0 Å². The van der Waals surface area contributed by atoms with Gasteiger partial charge in [0.2, 0.25) is 0 Å². The lowest BCUT2D eigenvalue weighted by molar-refractivity contribution is 0.206. The first-order valence-electron chi connectivity index (χ1n) is 6.19. The Bertz CT molecular complexity index is 384. The van der Waals surface area contributed by atoms with Crippen molar-refractivity contribution < 1.29 is 0 Å². The summed E-state index contributed by atoms with van der Waals surface area (Å²) in [5.41, 5.74) is 6.86. The number of nitrogens with one attached hydrogen (secondary N) is 1. The molecule has 0 aliphatic carbocycles. The molecule has 94 valence electrons. The molecule has 5 heteroatoms. The molecular formula is C12H21N5. The van der Waals surface area contributed by atoms with Gasteiger partial charge in [0, 0.05) is 32.3 Å². The minimum atomic E-state index is 0.262. The molecule has 1 unspecified atom stereocenters. The smallest absolute Gasteiger partial charge is 0.0949 e. The molecule has 2 heterocycles. The fraction of sp³-hybridized carbons (Fsp3) is 0.667. The number of piperidine rings is 1. The van der Waals surface area contributed by atoms with Crippen LogP contribution in [0.25, 0.3) is 0 Å². The van der Waals surface area contributed by atoms with Crippen LogP contribution in [0.3, 0.4) is 0 Å². The molecule has 1 aromatic rings. The van der Waals surface area contributed by atoms with Crippen molar-refractivity contribution in [3.63, 3.8) is 0 Å². The van der Waals surface area contributed by atoms with Crippen molar-refractivity contribution in [1.29, 1.82) is 5.41 Å². The first-order chi connectivity index (χ1) is 8.15. The van der Waals surface area contributed by atoms with E-state index < -0.39 is 0 Å². The molecule has 0 bridgehead atoms. The lowest BCUT2D eigenvalue weighted by Crippen LogP contribution is -2.41.